The molecule has 0 bridgehead atoms. The summed E-state index contributed by atoms with van der Waals surface area (Å²) in [4.78, 5) is 2.22. The second-order valence-electron chi connectivity index (χ2n) is 4.59. The van der Waals surface area contributed by atoms with Gasteiger partial charge in [-0.05, 0) is 18.6 Å². The minimum atomic E-state index is -3.27. The van der Waals surface area contributed by atoms with Crippen molar-refractivity contribution in [2.24, 2.45) is 0 Å². The average Bonchev–Trinajstić information content (AvgIpc) is 2.28. The van der Waals surface area contributed by atoms with Crippen LogP contribution < -0.4 is 10.6 Å². The molecule has 102 valence electrons. The molecule has 1 aromatic carbocycles. The maximum atomic E-state index is 11.6. The lowest BCUT2D eigenvalue weighted by Gasteiger charge is -2.22. The molecule has 0 atom stereocenters. The summed E-state index contributed by atoms with van der Waals surface area (Å²) >= 11 is 0. The van der Waals surface area contributed by atoms with E-state index in [0.717, 1.165) is 31.5 Å². The topological polar surface area (TPSA) is 63.4 Å². The van der Waals surface area contributed by atoms with Crippen molar-refractivity contribution in [3.8, 4) is 0 Å². The predicted octanol–water partition coefficient (Wildman–Crippen LogP) is 2.30. The van der Waals surface area contributed by atoms with Gasteiger partial charge in [-0.15, -0.1) is 0 Å². The maximum absolute atomic E-state index is 11.6. The predicted molar refractivity (Wildman–Crippen MR) is 76.8 cm³/mol. The van der Waals surface area contributed by atoms with Crippen LogP contribution in [-0.2, 0) is 9.84 Å². The summed E-state index contributed by atoms with van der Waals surface area (Å²) in [7, 11) is -1.33. The zero-order valence-corrected chi connectivity index (χ0v) is 12.1. The number of rotatable bonds is 6. The van der Waals surface area contributed by atoms with E-state index in [1.165, 1.54) is 6.26 Å². The van der Waals surface area contributed by atoms with Gasteiger partial charge in [-0.25, -0.2) is 8.42 Å². The molecule has 1 rings (SSSR count). The lowest BCUT2D eigenvalue weighted by atomic mass is 10.2. The summed E-state index contributed by atoms with van der Waals surface area (Å²) in [6.07, 6.45) is 4.58. The molecule has 0 radical (unpaired) electrons. The fourth-order valence-corrected chi connectivity index (χ4v) is 2.74. The van der Waals surface area contributed by atoms with E-state index in [1.54, 1.807) is 12.1 Å². The van der Waals surface area contributed by atoms with Gasteiger partial charge in [-0.3, -0.25) is 0 Å². The van der Waals surface area contributed by atoms with Crippen molar-refractivity contribution in [2.75, 3.05) is 30.5 Å². The highest BCUT2D eigenvalue weighted by Crippen LogP contribution is 2.29. The molecule has 4 nitrogen and oxygen atoms in total. The normalized spacial score (nSPS) is 11.5. The van der Waals surface area contributed by atoms with Gasteiger partial charge in [-0.2, -0.15) is 0 Å². The first-order chi connectivity index (χ1) is 8.38. The van der Waals surface area contributed by atoms with E-state index in [-0.39, 0.29) is 4.90 Å². The Bertz CT molecular complexity index is 498. The standard InChI is InChI=1S/C13H22N2O2S/c1-4-5-6-10-15(2)11-8-7-9-12(13(11)14)18(3,16)17/h7-9H,4-6,10,14H2,1-3H3. The summed E-state index contributed by atoms with van der Waals surface area (Å²) in [6, 6.07) is 5.14. The van der Waals surface area contributed by atoms with E-state index < -0.39 is 9.84 Å². The van der Waals surface area contributed by atoms with Crippen LogP contribution in [0.2, 0.25) is 0 Å². The monoisotopic (exact) mass is 270 g/mol. The lowest BCUT2D eigenvalue weighted by molar-refractivity contribution is 0.602. The summed E-state index contributed by atoms with van der Waals surface area (Å²) in [5, 5.41) is 0. The average molecular weight is 270 g/mol. The first kappa shape index (κ1) is 14.8. The molecule has 0 unspecified atom stereocenters. The molecule has 0 saturated carbocycles. The van der Waals surface area contributed by atoms with Crippen LogP contribution in [0.25, 0.3) is 0 Å². The van der Waals surface area contributed by atoms with E-state index in [4.69, 9.17) is 5.73 Å². The molecule has 0 spiro atoms. The van der Waals surface area contributed by atoms with Gasteiger partial charge >= 0.3 is 0 Å². The number of sulfone groups is 1. The van der Waals surface area contributed by atoms with Crippen LogP contribution in [0, 0.1) is 0 Å². The molecule has 0 aromatic heterocycles. The minimum absolute atomic E-state index is 0.211. The number of nitrogens with two attached hydrogens (primary N) is 1. The van der Waals surface area contributed by atoms with E-state index in [0.29, 0.717) is 5.69 Å². The van der Waals surface area contributed by atoms with Gasteiger partial charge in [0, 0.05) is 19.8 Å². The van der Waals surface area contributed by atoms with Crippen LogP contribution in [0.3, 0.4) is 0 Å². The molecule has 0 fully saturated rings. The molecule has 18 heavy (non-hydrogen) atoms. The lowest BCUT2D eigenvalue weighted by Crippen LogP contribution is -2.20. The van der Waals surface area contributed by atoms with E-state index in [1.807, 2.05) is 18.0 Å². The Hall–Kier alpha value is -1.23. The highest BCUT2D eigenvalue weighted by molar-refractivity contribution is 7.90. The summed E-state index contributed by atoms with van der Waals surface area (Å²) in [6.45, 7) is 3.03. The molecule has 0 aliphatic heterocycles. The molecular weight excluding hydrogens is 248 g/mol. The maximum Gasteiger partial charge on any atom is 0.177 e. The molecule has 0 heterocycles. The van der Waals surface area contributed by atoms with Crippen LogP contribution in [0.1, 0.15) is 26.2 Å². The number of benzene rings is 1. The molecule has 0 saturated heterocycles. The first-order valence-corrected chi connectivity index (χ1v) is 8.06. The first-order valence-electron chi connectivity index (χ1n) is 6.17. The Labute approximate surface area is 110 Å². The smallest absolute Gasteiger partial charge is 0.177 e. The highest BCUT2D eigenvalue weighted by Gasteiger charge is 2.15. The zero-order valence-electron chi connectivity index (χ0n) is 11.3. The van der Waals surface area contributed by atoms with Gasteiger partial charge in [0.25, 0.3) is 0 Å². The molecule has 0 amide bonds. The molecule has 1 aromatic rings. The Balaban J connectivity index is 2.97. The van der Waals surface area contributed by atoms with Gasteiger partial charge < -0.3 is 10.6 Å². The van der Waals surface area contributed by atoms with Crippen LogP contribution >= 0.6 is 0 Å². The Morgan fingerprint density at radius 1 is 1.28 bits per heavy atom. The van der Waals surface area contributed by atoms with Crippen molar-refractivity contribution in [1.82, 2.24) is 0 Å². The second kappa shape index (κ2) is 6.09. The number of hydrogen-bond acceptors (Lipinski definition) is 4. The van der Waals surface area contributed by atoms with Gasteiger partial charge in [-0.1, -0.05) is 25.8 Å². The molecule has 0 aliphatic rings. The highest BCUT2D eigenvalue weighted by atomic mass is 32.2. The SMILES string of the molecule is CCCCCN(C)c1cccc(S(C)(=O)=O)c1N. The van der Waals surface area contributed by atoms with Crippen molar-refractivity contribution >= 4 is 21.2 Å². The number of nitrogens with zero attached hydrogens (tertiary/aromatic N) is 1. The van der Waals surface area contributed by atoms with Crippen LogP contribution in [0.4, 0.5) is 11.4 Å². The third kappa shape index (κ3) is 3.63. The van der Waals surface area contributed by atoms with Gasteiger partial charge in [0.05, 0.1) is 16.3 Å². The van der Waals surface area contributed by atoms with Crippen molar-refractivity contribution in [3.63, 3.8) is 0 Å². The second-order valence-corrected chi connectivity index (χ2v) is 6.57. The summed E-state index contributed by atoms with van der Waals surface area (Å²) < 4.78 is 23.2. The van der Waals surface area contributed by atoms with Gasteiger partial charge in [0.2, 0.25) is 0 Å². The Morgan fingerprint density at radius 3 is 2.50 bits per heavy atom. The van der Waals surface area contributed by atoms with Crippen LogP contribution in [0.5, 0.6) is 0 Å². The number of anilines is 2. The minimum Gasteiger partial charge on any atom is -0.396 e. The Kier molecular flexibility index (Phi) is 5.02. The van der Waals surface area contributed by atoms with Crippen molar-refractivity contribution < 1.29 is 8.42 Å². The largest absolute Gasteiger partial charge is 0.396 e. The number of nitrogen functional groups attached to an aromatic ring is 1. The van der Waals surface area contributed by atoms with Crippen molar-refractivity contribution in [2.45, 2.75) is 31.1 Å². The van der Waals surface area contributed by atoms with Gasteiger partial charge in [0.15, 0.2) is 9.84 Å². The fraction of sp³-hybridized carbons (Fsp3) is 0.538. The van der Waals surface area contributed by atoms with E-state index in [2.05, 4.69) is 6.92 Å². The molecule has 5 heteroatoms. The molecule has 2 N–H and O–H groups in total. The summed E-state index contributed by atoms with van der Waals surface area (Å²) in [5.41, 5.74) is 7.09. The van der Waals surface area contributed by atoms with Crippen molar-refractivity contribution in [1.29, 1.82) is 0 Å². The van der Waals surface area contributed by atoms with Gasteiger partial charge in [0.1, 0.15) is 0 Å². The third-order valence-electron chi connectivity index (χ3n) is 2.95. The Morgan fingerprint density at radius 2 is 1.94 bits per heavy atom. The fourth-order valence-electron chi connectivity index (χ4n) is 1.91. The number of hydrogen-bond donors (Lipinski definition) is 1. The van der Waals surface area contributed by atoms with Crippen LogP contribution in [0.15, 0.2) is 23.1 Å². The molecule has 0 aliphatic carbocycles. The third-order valence-corrected chi connectivity index (χ3v) is 4.11. The quantitative estimate of drug-likeness (QED) is 0.636. The zero-order chi connectivity index (χ0) is 13.8. The number of unbranched alkanes of at least 4 members (excludes halogenated alkanes) is 2. The van der Waals surface area contributed by atoms with Crippen molar-refractivity contribution in [3.05, 3.63) is 18.2 Å². The molecular formula is C13H22N2O2S. The number of para-hydroxylation sites is 1. The van der Waals surface area contributed by atoms with E-state index in [9.17, 15) is 8.42 Å². The van der Waals surface area contributed by atoms with E-state index >= 15 is 0 Å². The summed E-state index contributed by atoms with van der Waals surface area (Å²) in [5.74, 6) is 0. The van der Waals surface area contributed by atoms with Crippen LogP contribution in [-0.4, -0.2) is 28.3 Å².